The second-order valence-electron chi connectivity index (χ2n) is 4.65. The van der Waals surface area contributed by atoms with E-state index in [4.69, 9.17) is 23.2 Å². The molecule has 0 aromatic heterocycles. The van der Waals surface area contributed by atoms with E-state index in [1.165, 1.54) is 6.08 Å². The lowest BCUT2D eigenvalue weighted by atomic mass is 10.1. The summed E-state index contributed by atoms with van der Waals surface area (Å²) in [6, 6.07) is 16.5. The third-order valence-corrected chi connectivity index (χ3v) is 3.48. The highest BCUT2D eigenvalue weighted by atomic mass is 35.5. The summed E-state index contributed by atoms with van der Waals surface area (Å²) in [5.74, 6) is -0.0925. The number of nitrogens with zero attached hydrogens (tertiary/aromatic N) is 1. The molecule has 0 bridgehead atoms. The maximum absolute atomic E-state index is 12.0. The van der Waals surface area contributed by atoms with E-state index in [2.05, 4.69) is 0 Å². The van der Waals surface area contributed by atoms with E-state index in [9.17, 15) is 4.79 Å². The van der Waals surface area contributed by atoms with Crippen LogP contribution in [0, 0.1) is 0 Å². The van der Waals surface area contributed by atoms with Crippen molar-refractivity contribution in [3.05, 3.63) is 76.3 Å². The molecule has 0 aliphatic rings. The number of benzene rings is 2. The van der Waals surface area contributed by atoms with Crippen LogP contribution < -0.4 is 4.90 Å². The fourth-order valence-electron chi connectivity index (χ4n) is 1.89. The molecule has 4 heteroatoms. The predicted molar refractivity (Wildman–Crippen MR) is 89.4 cm³/mol. The number of hydrogen-bond acceptors (Lipinski definition) is 2. The van der Waals surface area contributed by atoms with Gasteiger partial charge in [0.1, 0.15) is 0 Å². The first-order chi connectivity index (χ1) is 10.1. The zero-order valence-corrected chi connectivity index (χ0v) is 13.1. The molecule has 0 amide bonds. The Morgan fingerprint density at radius 2 is 1.71 bits per heavy atom. The summed E-state index contributed by atoms with van der Waals surface area (Å²) in [6.45, 7) is 0.460. The number of carbonyl (C=O) groups is 1. The van der Waals surface area contributed by atoms with E-state index in [0.29, 0.717) is 22.2 Å². The van der Waals surface area contributed by atoms with Crippen LogP contribution in [0.1, 0.15) is 10.4 Å². The molecule has 0 N–H and O–H groups in total. The number of rotatable bonds is 5. The van der Waals surface area contributed by atoms with E-state index in [1.54, 1.807) is 12.1 Å². The van der Waals surface area contributed by atoms with Gasteiger partial charge in [-0.25, -0.2) is 0 Å². The number of ketones is 1. The molecule has 108 valence electrons. The van der Waals surface area contributed by atoms with Crippen LogP contribution in [0.3, 0.4) is 0 Å². The topological polar surface area (TPSA) is 20.3 Å². The molecule has 21 heavy (non-hydrogen) atoms. The molecule has 2 rings (SSSR count). The molecule has 0 aliphatic carbocycles. The Morgan fingerprint density at radius 3 is 2.33 bits per heavy atom. The fourth-order valence-corrected chi connectivity index (χ4v) is 2.29. The van der Waals surface area contributed by atoms with E-state index in [1.807, 2.05) is 54.4 Å². The average molecular weight is 320 g/mol. The molecule has 2 aromatic rings. The molecule has 0 fully saturated rings. The van der Waals surface area contributed by atoms with Gasteiger partial charge in [0.05, 0.1) is 6.54 Å². The molecule has 0 spiro atoms. The summed E-state index contributed by atoms with van der Waals surface area (Å²) >= 11 is 12.0. The Labute approximate surface area is 134 Å². The molecule has 0 aliphatic heterocycles. The lowest BCUT2D eigenvalue weighted by Gasteiger charge is -2.18. The van der Waals surface area contributed by atoms with Crippen LogP contribution in [-0.2, 0) is 0 Å². The summed E-state index contributed by atoms with van der Waals surface area (Å²) in [7, 11) is 1.91. The van der Waals surface area contributed by atoms with Crippen molar-refractivity contribution in [1.82, 2.24) is 0 Å². The smallest absolute Gasteiger partial charge is 0.187 e. The number of hydrogen-bond donors (Lipinski definition) is 0. The SMILES string of the molecule is CN(C/C(Cl)=C/C(=O)c1ccccc1)c1ccc(Cl)cc1. The Hall–Kier alpha value is -1.77. The second-order valence-corrected chi connectivity index (χ2v) is 5.58. The van der Waals surface area contributed by atoms with Crippen molar-refractivity contribution in [1.29, 1.82) is 0 Å². The maximum Gasteiger partial charge on any atom is 0.187 e. The molecular weight excluding hydrogens is 305 g/mol. The van der Waals surface area contributed by atoms with Crippen molar-refractivity contribution in [2.45, 2.75) is 0 Å². The second kappa shape index (κ2) is 7.30. The Bertz CT molecular complexity index is 636. The van der Waals surface area contributed by atoms with E-state index >= 15 is 0 Å². The van der Waals surface area contributed by atoms with Crippen molar-refractivity contribution in [2.75, 3.05) is 18.5 Å². The zero-order chi connectivity index (χ0) is 15.2. The van der Waals surface area contributed by atoms with E-state index in [-0.39, 0.29) is 5.78 Å². The van der Waals surface area contributed by atoms with Crippen LogP contribution in [0.25, 0.3) is 0 Å². The number of allylic oxidation sites excluding steroid dienone is 1. The van der Waals surface area contributed by atoms with Crippen LogP contribution in [0.4, 0.5) is 5.69 Å². The Balaban J connectivity index is 2.03. The fraction of sp³-hybridized carbons (Fsp3) is 0.118. The molecule has 2 aromatic carbocycles. The minimum absolute atomic E-state index is 0.0925. The number of anilines is 1. The summed E-state index contributed by atoms with van der Waals surface area (Å²) in [5.41, 5.74) is 1.61. The standard InChI is InChI=1S/C17H15Cl2NO/c1-20(16-9-7-14(18)8-10-16)12-15(19)11-17(21)13-5-3-2-4-6-13/h2-11H,12H2,1H3/b15-11-. The van der Waals surface area contributed by atoms with Gasteiger partial charge in [-0.05, 0) is 24.3 Å². The van der Waals surface area contributed by atoms with Gasteiger partial charge in [-0.1, -0.05) is 53.5 Å². The van der Waals surface area contributed by atoms with Crippen molar-refractivity contribution >= 4 is 34.7 Å². The van der Waals surface area contributed by atoms with Gasteiger partial charge in [-0.2, -0.15) is 0 Å². The number of carbonyl (C=O) groups excluding carboxylic acids is 1. The van der Waals surface area contributed by atoms with Gasteiger partial charge in [0.15, 0.2) is 5.78 Å². The first kappa shape index (κ1) is 15.6. The summed E-state index contributed by atoms with van der Waals surface area (Å²) in [4.78, 5) is 14.0. The van der Waals surface area contributed by atoms with Crippen molar-refractivity contribution in [3.8, 4) is 0 Å². The van der Waals surface area contributed by atoms with E-state index in [0.717, 1.165) is 5.69 Å². The highest BCUT2D eigenvalue weighted by Crippen LogP contribution is 2.18. The van der Waals surface area contributed by atoms with Gasteiger partial charge in [-0.3, -0.25) is 4.79 Å². The average Bonchev–Trinajstić information content (AvgIpc) is 2.48. The van der Waals surface area contributed by atoms with Gasteiger partial charge in [0.25, 0.3) is 0 Å². The van der Waals surface area contributed by atoms with E-state index < -0.39 is 0 Å². The Kier molecular flexibility index (Phi) is 5.43. The lowest BCUT2D eigenvalue weighted by Crippen LogP contribution is -2.19. The molecule has 0 saturated heterocycles. The molecule has 0 heterocycles. The van der Waals surface area contributed by atoms with Gasteiger partial charge in [0, 0.05) is 34.4 Å². The minimum Gasteiger partial charge on any atom is -0.369 e. The highest BCUT2D eigenvalue weighted by molar-refractivity contribution is 6.32. The van der Waals surface area contributed by atoms with Crippen LogP contribution >= 0.6 is 23.2 Å². The molecular formula is C17H15Cl2NO. The minimum atomic E-state index is -0.0925. The third-order valence-electron chi connectivity index (χ3n) is 3.00. The molecule has 0 atom stereocenters. The van der Waals surface area contributed by atoms with Gasteiger partial charge in [0.2, 0.25) is 0 Å². The zero-order valence-electron chi connectivity index (χ0n) is 11.6. The van der Waals surface area contributed by atoms with Crippen LogP contribution in [0.2, 0.25) is 5.02 Å². The van der Waals surface area contributed by atoms with Crippen molar-refractivity contribution < 1.29 is 4.79 Å². The van der Waals surface area contributed by atoms with Crippen LogP contribution in [0.5, 0.6) is 0 Å². The summed E-state index contributed by atoms with van der Waals surface area (Å²) in [6.07, 6.45) is 1.46. The Morgan fingerprint density at radius 1 is 1.10 bits per heavy atom. The van der Waals surface area contributed by atoms with Gasteiger partial charge in [-0.15, -0.1) is 0 Å². The van der Waals surface area contributed by atoms with Gasteiger partial charge < -0.3 is 4.90 Å². The highest BCUT2D eigenvalue weighted by Gasteiger charge is 2.06. The molecule has 2 nitrogen and oxygen atoms in total. The number of halogens is 2. The van der Waals surface area contributed by atoms with Crippen molar-refractivity contribution in [3.63, 3.8) is 0 Å². The molecule has 0 saturated carbocycles. The predicted octanol–water partition coefficient (Wildman–Crippen LogP) is 4.78. The van der Waals surface area contributed by atoms with Crippen LogP contribution in [-0.4, -0.2) is 19.4 Å². The normalized spacial score (nSPS) is 11.3. The monoisotopic (exact) mass is 319 g/mol. The maximum atomic E-state index is 12.0. The first-order valence-electron chi connectivity index (χ1n) is 6.48. The summed E-state index contributed by atoms with van der Waals surface area (Å²) in [5, 5.41) is 1.18. The largest absolute Gasteiger partial charge is 0.369 e. The summed E-state index contributed by atoms with van der Waals surface area (Å²) < 4.78 is 0. The first-order valence-corrected chi connectivity index (χ1v) is 7.24. The van der Waals surface area contributed by atoms with Crippen LogP contribution in [0.15, 0.2) is 65.7 Å². The molecule has 0 radical (unpaired) electrons. The lowest BCUT2D eigenvalue weighted by molar-refractivity contribution is 0.104. The number of likely N-dealkylation sites (N-methyl/N-ethyl adjacent to an activating group) is 1. The van der Waals surface area contributed by atoms with Crippen molar-refractivity contribution in [2.24, 2.45) is 0 Å². The third kappa shape index (κ3) is 4.62. The molecule has 0 unspecified atom stereocenters. The quantitative estimate of drug-likeness (QED) is 0.583. The van der Waals surface area contributed by atoms with Gasteiger partial charge >= 0.3 is 0 Å².